The highest BCUT2D eigenvalue weighted by atomic mass is 16.7. The second-order valence-corrected chi connectivity index (χ2v) is 8.61. The fourth-order valence-electron chi connectivity index (χ4n) is 3.74. The third-order valence-corrected chi connectivity index (χ3v) is 5.22. The molecule has 162 valence electrons. The van der Waals surface area contributed by atoms with Crippen LogP contribution in [0.1, 0.15) is 47.0 Å². The number of hydrogen-bond acceptors (Lipinski definition) is 6. The molecule has 0 aromatic rings. The van der Waals surface area contributed by atoms with Crippen molar-refractivity contribution < 1.29 is 29.2 Å². The third-order valence-electron chi connectivity index (χ3n) is 5.22. The van der Waals surface area contributed by atoms with Gasteiger partial charge >= 0.3 is 12.1 Å². The minimum atomic E-state index is -0.649. The summed E-state index contributed by atoms with van der Waals surface area (Å²) in [6.45, 7) is 8.50. The largest absolute Gasteiger partial charge is 0.442 e. The molecule has 3 rings (SSSR count). The summed E-state index contributed by atoms with van der Waals surface area (Å²) in [7, 11) is 0. The van der Waals surface area contributed by atoms with Crippen LogP contribution in [0.4, 0.5) is 9.59 Å². The Morgan fingerprint density at radius 3 is 2.62 bits per heavy atom. The molecule has 11 nitrogen and oxygen atoms in total. The number of carbonyl (C=O) groups is 3. The molecule has 3 aliphatic rings. The van der Waals surface area contributed by atoms with E-state index in [2.05, 4.69) is 10.5 Å². The third kappa shape index (κ3) is 4.96. The Morgan fingerprint density at radius 2 is 1.93 bits per heavy atom. The molecule has 0 spiro atoms. The summed E-state index contributed by atoms with van der Waals surface area (Å²) < 4.78 is 5.19. The van der Waals surface area contributed by atoms with Crippen LogP contribution in [0.5, 0.6) is 0 Å². The lowest BCUT2D eigenvalue weighted by Gasteiger charge is -2.29. The highest BCUT2D eigenvalue weighted by Gasteiger charge is 2.47. The van der Waals surface area contributed by atoms with E-state index in [1.807, 2.05) is 4.90 Å². The van der Waals surface area contributed by atoms with Gasteiger partial charge in [0.2, 0.25) is 0 Å². The normalized spacial score (nSPS) is 27.5. The van der Waals surface area contributed by atoms with Crippen molar-refractivity contribution in [3.05, 3.63) is 0 Å². The van der Waals surface area contributed by atoms with Crippen LogP contribution in [0.15, 0.2) is 4.99 Å². The van der Waals surface area contributed by atoms with Crippen LogP contribution >= 0.6 is 0 Å². The summed E-state index contributed by atoms with van der Waals surface area (Å²) in [5.41, 5.74) is 1.85. The van der Waals surface area contributed by atoms with E-state index < -0.39 is 29.7 Å². The van der Waals surface area contributed by atoms with Gasteiger partial charge in [-0.1, -0.05) is 0 Å². The first-order valence-corrected chi connectivity index (χ1v) is 9.82. The van der Waals surface area contributed by atoms with Crippen LogP contribution in [0.2, 0.25) is 0 Å². The van der Waals surface area contributed by atoms with Gasteiger partial charge in [0.15, 0.2) is 0 Å². The van der Waals surface area contributed by atoms with Crippen molar-refractivity contribution in [2.24, 2.45) is 4.99 Å². The SMILES string of the molecule is C/C(=N\C(=O)OC(C)(C)C)N1CCC(ONC(=O)[C@@H]2CC[C@@H]3CN2C(=O)N3O)C1. The Hall–Kier alpha value is -2.40. The average molecular weight is 411 g/mol. The van der Waals surface area contributed by atoms with Gasteiger partial charge in [0, 0.05) is 19.6 Å². The first-order valence-electron chi connectivity index (χ1n) is 9.82. The number of fused-ring (bicyclic) bond motifs is 2. The second kappa shape index (κ2) is 8.15. The number of piperidine rings is 1. The van der Waals surface area contributed by atoms with Gasteiger partial charge in [-0.15, -0.1) is 0 Å². The number of aliphatic imine (C=N–C) groups is 1. The zero-order chi connectivity index (χ0) is 21.3. The highest BCUT2D eigenvalue weighted by molar-refractivity contribution is 5.90. The number of nitrogens with zero attached hydrogens (tertiary/aromatic N) is 4. The van der Waals surface area contributed by atoms with Gasteiger partial charge in [0.1, 0.15) is 23.6 Å². The number of ether oxygens (including phenoxy) is 1. The molecule has 11 heteroatoms. The van der Waals surface area contributed by atoms with Crippen molar-refractivity contribution >= 4 is 23.9 Å². The first kappa shape index (κ1) is 21.3. The molecule has 3 fully saturated rings. The number of rotatable bonds is 3. The van der Waals surface area contributed by atoms with E-state index in [0.29, 0.717) is 49.8 Å². The maximum Gasteiger partial charge on any atom is 0.435 e. The fraction of sp³-hybridized carbons (Fsp3) is 0.778. The number of amides is 4. The van der Waals surface area contributed by atoms with Gasteiger partial charge in [-0.3, -0.25) is 14.8 Å². The van der Waals surface area contributed by atoms with Crippen LogP contribution in [0.3, 0.4) is 0 Å². The van der Waals surface area contributed by atoms with Crippen LogP contribution in [0.25, 0.3) is 0 Å². The van der Waals surface area contributed by atoms with Gasteiger partial charge in [0.25, 0.3) is 5.91 Å². The number of urea groups is 1. The van der Waals surface area contributed by atoms with Crippen molar-refractivity contribution in [1.82, 2.24) is 20.3 Å². The van der Waals surface area contributed by atoms with E-state index in [9.17, 15) is 19.6 Å². The molecule has 2 bridgehead atoms. The Kier molecular flexibility index (Phi) is 5.99. The molecule has 3 atom stereocenters. The molecule has 0 aromatic carbocycles. The molecular weight excluding hydrogens is 382 g/mol. The quantitative estimate of drug-likeness (QED) is 0.309. The van der Waals surface area contributed by atoms with E-state index in [1.54, 1.807) is 27.7 Å². The summed E-state index contributed by atoms with van der Waals surface area (Å²) in [5, 5.41) is 10.4. The van der Waals surface area contributed by atoms with Crippen molar-refractivity contribution in [2.45, 2.75) is 70.7 Å². The maximum atomic E-state index is 12.5. The molecule has 2 N–H and O–H groups in total. The molecule has 0 radical (unpaired) electrons. The van der Waals surface area contributed by atoms with Gasteiger partial charge in [-0.05, 0) is 47.0 Å². The topological polar surface area (TPSA) is 124 Å². The zero-order valence-electron chi connectivity index (χ0n) is 17.3. The fourth-order valence-corrected chi connectivity index (χ4v) is 3.74. The van der Waals surface area contributed by atoms with Crippen LogP contribution < -0.4 is 5.48 Å². The molecule has 3 aliphatic heterocycles. The van der Waals surface area contributed by atoms with Gasteiger partial charge in [-0.25, -0.2) is 20.1 Å². The summed E-state index contributed by atoms with van der Waals surface area (Å²) in [4.78, 5) is 49.0. The predicted molar refractivity (Wildman–Crippen MR) is 101 cm³/mol. The van der Waals surface area contributed by atoms with Gasteiger partial charge in [0.05, 0.1) is 6.04 Å². The Morgan fingerprint density at radius 1 is 1.21 bits per heavy atom. The number of amidine groups is 1. The Labute approximate surface area is 169 Å². The smallest absolute Gasteiger partial charge is 0.435 e. The summed E-state index contributed by atoms with van der Waals surface area (Å²) in [6.07, 6.45) is 0.788. The number of carbonyl (C=O) groups excluding carboxylic acids is 3. The molecule has 3 heterocycles. The van der Waals surface area contributed by atoms with Crippen molar-refractivity contribution in [1.29, 1.82) is 0 Å². The molecular formula is C18H29N5O6. The van der Waals surface area contributed by atoms with Crippen LogP contribution in [-0.4, -0.2) is 87.4 Å². The lowest BCUT2D eigenvalue weighted by Crippen LogP contribution is -2.50. The molecule has 0 saturated carbocycles. The van der Waals surface area contributed by atoms with Crippen LogP contribution in [-0.2, 0) is 14.4 Å². The molecule has 0 aromatic heterocycles. The molecule has 4 amide bonds. The number of nitrogens with one attached hydrogen (secondary N) is 1. The van der Waals surface area contributed by atoms with E-state index in [-0.39, 0.29) is 12.1 Å². The standard InChI is InChI=1S/C18H29N5O6/c1-11(19-16(25)28-18(2,3)4)21-8-7-13(10-21)29-20-15(24)14-6-5-12-9-22(14)17(26)23(12)27/h12-14,27H,5-10H2,1-4H3,(H,20,24)/b19-11+/t12-,13?,14+/m1/s1. The Balaban J connectivity index is 1.46. The van der Waals surface area contributed by atoms with Crippen molar-refractivity contribution in [2.75, 3.05) is 19.6 Å². The first-order chi connectivity index (χ1) is 13.5. The van der Waals surface area contributed by atoms with Gasteiger partial charge in [-0.2, -0.15) is 4.99 Å². The lowest BCUT2D eigenvalue weighted by atomic mass is 10.0. The zero-order valence-corrected chi connectivity index (χ0v) is 17.3. The van der Waals surface area contributed by atoms with E-state index >= 15 is 0 Å². The molecule has 1 unspecified atom stereocenters. The molecule has 29 heavy (non-hydrogen) atoms. The van der Waals surface area contributed by atoms with E-state index in [1.165, 1.54) is 4.90 Å². The highest BCUT2D eigenvalue weighted by Crippen LogP contribution is 2.28. The lowest BCUT2D eigenvalue weighted by molar-refractivity contribution is -0.143. The molecule has 3 saturated heterocycles. The number of hydrogen-bond donors (Lipinski definition) is 2. The monoisotopic (exact) mass is 411 g/mol. The minimum Gasteiger partial charge on any atom is -0.442 e. The average Bonchev–Trinajstić information content (AvgIpc) is 3.19. The summed E-state index contributed by atoms with van der Waals surface area (Å²) in [6, 6.07) is -1.44. The second-order valence-electron chi connectivity index (χ2n) is 8.61. The van der Waals surface area contributed by atoms with E-state index in [4.69, 9.17) is 9.57 Å². The predicted octanol–water partition coefficient (Wildman–Crippen LogP) is 1.12. The summed E-state index contributed by atoms with van der Waals surface area (Å²) in [5.74, 6) is 0.130. The summed E-state index contributed by atoms with van der Waals surface area (Å²) >= 11 is 0. The van der Waals surface area contributed by atoms with Crippen LogP contribution in [0, 0.1) is 0 Å². The minimum absolute atomic E-state index is 0.247. The van der Waals surface area contributed by atoms with Crippen molar-refractivity contribution in [3.63, 3.8) is 0 Å². The van der Waals surface area contributed by atoms with Gasteiger partial charge < -0.3 is 14.5 Å². The maximum absolute atomic E-state index is 12.5. The Bertz CT molecular complexity index is 705. The number of likely N-dealkylation sites (tertiary alicyclic amines) is 1. The van der Waals surface area contributed by atoms with E-state index in [0.717, 1.165) is 0 Å². The van der Waals surface area contributed by atoms with Crippen molar-refractivity contribution in [3.8, 4) is 0 Å². The number of hydroxylamine groups is 3. The molecule has 0 aliphatic carbocycles.